The van der Waals surface area contributed by atoms with Gasteiger partial charge in [-0.2, -0.15) is 0 Å². The monoisotopic (exact) mass is 460 g/mol. The van der Waals surface area contributed by atoms with E-state index < -0.39 is 66.0 Å². The molecule has 1 aliphatic carbocycles. The second-order valence-electron chi connectivity index (χ2n) is 7.38. The molecular weight excluding hydrogens is 440 g/mol. The van der Waals surface area contributed by atoms with Crippen molar-refractivity contribution in [2.75, 3.05) is 0 Å². The minimum Gasteiger partial charge on any atom is -0.479 e. The summed E-state index contributed by atoms with van der Waals surface area (Å²) in [6.45, 7) is 3.05. The molecule has 11 nitrogen and oxygen atoms in total. The fourth-order valence-electron chi connectivity index (χ4n) is 3.81. The van der Waals surface area contributed by atoms with E-state index in [4.69, 9.17) is 18.9 Å². The number of hydrogen-bond acceptors (Lipinski definition) is 10. The molecule has 2 aliphatic rings. The highest BCUT2D eigenvalue weighted by Gasteiger charge is 2.56. The van der Waals surface area contributed by atoms with Gasteiger partial charge in [0.15, 0.2) is 36.0 Å². The number of esters is 3. The molecular formula is C22H20O11. The maximum atomic E-state index is 13.2. The molecule has 0 amide bonds. The smallest absolute Gasteiger partial charge is 0.336 e. The summed E-state index contributed by atoms with van der Waals surface area (Å²) >= 11 is 0. The number of carboxylic acid groups (broad SMARTS) is 1. The van der Waals surface area contributed by atoms with E-state index >= 15 is 0 Å². The molecule has 1 fully saturated rings. The minimum atomic E-state index is -1.91. The zero-order chi connectivity index (χ0) is 24.4. The van der Waals surface area contributed by atoms with Crippen molar-refractivity contribution in [3.8, 4) is 0 Å². The third-order valence-corrected chi connectivity index (χ3v) is 4.98. The number of carbonyl (C=O) groups excluding carboxylic acids is 5. The second kappa shape index (κ2) is 9.33. The Kier molecular flexibility index (Phi) is 6.73. The van der Waals surface area contributed by atoms with E-state index in [0.717, 1.165) is 26.8 Å². The van der Waals surface area contributed by atoms with E-state index in [1.54, 1.807) is 6.07 Å². The number of allylic oxidation sites excluding steroid dienone is 1. The summed E-state index contributed by atoms with van der Waals surface area (Å²) in [6.07, 6.45) is -7.50. The lowest BCUT2D eigenvalue weighted by Gasteiger charge is -2.44. The van der Waals surface area contributed by atoms with Gasteiger partial charge in [0, 0.05) is 37.5 Å². The van der Waals surface area contributed by atoms with Crippen LogP contribution in [-0.2, 0) is 38.1 Å². The molecule has 33 heavy (non-hydrogen) atoms. The van der Waals surface area contributed by atoms with E-state index in [-0.39, 0.29) is 16.7 Å². The maximum Gasteiger partial charge on any atom is 0.336 e. The lowest BCUT2D eigenvalue weighted by atomic mass is 9.82. The van der Waals surface area contributed by atoms with Gasteiger partial charge in [-0.1, -0.05) is 24.3 Å². The fourth-order valence-corrected chi connectivity index (χ4v) is 3.81. The SMILES string of the molecule is CC(=O)O[C@@H]1[C@@H](OC(C)=O)[C@H](C2=CC(=O)c3ccccc3C2=O)O[C@H](C(=O)O)[C@H]1OC(C)=O. The third kappa shape index (κ3) is 4.82. The van der Waals surface area contributed by atoms with Crippen LogP contribution in [0.5, 0.6) is 0 Å². The predicted octanol–water partition coefficient (Wildman–Crippen LogP) is 0.639. The average Bonchev–Trinajstić information content (AvgIpc) is 2.72. The van der Waals surface area contributed by atoms with Crippen LogP contribution in [0.25, 0.3) is 0 Å². The summed E-state index contributed by atoms with van der Waals surface area (Å²) in [7, 11) is 0. The third-order valence-electron chi connectivity index (χ3n) is 4.98. The predicted molar refractivity (Wildman–Crippen MR) is 106 cm³/mol. The van der Waals surface area contributed by atoms with Crippen molar-refractivity contribution in [3.63, 3.8) is 0 Å². The summed E-state index contributed by atoms with van der Waals surface area (Å²) < 4.78 is 21.1. The van der Waals surface area contributed by atoms with Crippen molar-refractivity contribution in [2.24, 2.45) is 0 Å². The average molecular weight is 460 g/mol. The zero-order valence-corrected chi connectivity index (χ0v) is 17.8. The first-order valence-electron chi connectivity index (χ1n) is 9.80. The van der Waals surface area contributed by atoms with Crippen LogP contribution in [0.2, 0.25) is 0 Å². The lowest BCUT2D eigenvalue weighted by Crippen LogP contribution is -2.64. The summed E-state index contributed by atoms with van der Waals surface area (Å²) in [5, 5.41) is 9.70. The largest absolute Gasteiger partial charge is 0.479 e. The Labute approximate surface area is 187 Å². The summed E-state index contributed by atoms with van der Waals surface area (Å²) in [6, 6.07) is 5.97. The number of ether oxygens (including phenoxy) is 4. The van der Waals surface area contributed by atoms with E-state index in [1.807, 2.05) is 0 Å². The molecule has 1 saturated heterocycles. The molecule has 5 atom stereocenters. The molecule has 1 heterocycles. The number of ketones is 2. The number of benzene rings is 1. The number of Topliss-reactive ketones (excluding diaryl/α,β-unsaturated/α-hetero) is 1. The molecule has 1 aromatic carbocycles. The van der Waals surface area contributed by atoms with Crippen LogP contribution in [0.15, 0.2) is 35.9 Å². The van der Waals surface area contributed by atoms with Crippen LogP contribution >= 0.6 is 0 Å². The van der Waals surface area contributed by atoms with E-state index in [0.29, 0.717) is 0 Å². The molecule has 0 saturated carbocycles. The van der Waals surface area contributed by atoms with Crippen LogP contribution in [0.4, 0.5) is 0 Å². The van der Waals surface area contributed by atoms with Crippen molar-refractivity contribution < 1.29 is 52.8 Å². The van der Waals surface area contributed by atoms with Crippen molar-refractivity contribution in [1.82, 2.24) is 0 Å². The van der Waals surface area contributed by atoms with Crippen molar-refractivity contribution in [2.45, 2.75) is 51.3 Å². The molecule has 174 valence electrons. The number of fused-ring (bicyclic) bond motifs is 1. The molecule has 0 unspecified atom stereocenters. The molecule has 11 heteroatoms. The Bertz CT molecular complexity index is 1070. The molecule has 3 rings (SSSR count). The first-order chi connectivity index (χ1) is 15.5. The zero-order valence-electron chi connectivity index (χ0n) is 17.8. The number of carboxylic acids is 1. The van der Waals surface area contributed by atoms with Crippen LogP contribution in [0.1, 0.15) is 41.5 Å². The van der Waals surface area contributed by atoms with Gasteiger partial charge in [0.05, 0.1) is 0 Å². The number of rotatable bonds is 5. The highest BCUT2D eigenvalue weighted by atomic mass is 16.7. The van der Waals surface area contributed by atoms with Gasteiger partial charge in [-0.15, -0.1) is 0 Å². The van der Waals surface area contributed by atoms with Gasteiger partial charge in [-0.3, -0.25) is 24.0 Å². The number of aliphatic carboxylic acids is 1. The van der Waals surface area contributed by atoms with Gasteiger partial charge in [-0.25, -0.2) is 4.79 Å². The lowest BCUT2D eigenvalue weighted by molar-refractivity contribution is -0.241. The molecule has 1 aromatic rings. The van der Waals surface area contributed by atoms with Gasteiger partial charge in [-0.05, 0) is 6.08 Å². The van der Waals surface area contributed by atoms with Crippen LogP contribution < -0.4 is 0 Å². The molecule has 0 radical (unpaired) electrons. The molecule has 0 aromatic heterocycles. The van der Waals surface area contributed by atoms with Gasteiger partial charge in [0.2, 0.25) is 0 Å². The molecule has 0 bridgehead atoms. The van der Waals surface area contributed by atoms with Crippen LogP contribution in [0.3, 0.4) is 0 Å². The van der Waals surface area contributed by atoms with Crippen molar-refractivity contribution in [1.29, 1.82) is 0 Å². The molecule has 1 aliphatic heterocycles. The quantitative estimate of drug-likeness (QED) is 0.485. The second-order valence-corrected chi connectivity index (χ2v) is 7.38. The topological polar surface area (TPSA) is 160 Å². The van der Waals surface area contributed by atoms with E-state index in [9.17, 15) is 33.9 Å². The highest BCUT2D eigenvalue weighted by molar-refractivity contribution is 6.25. The summed E-state index contributed by atoms with van der Waals surface area (Å²) in [5.41, 5.74) is -0.118. The number of carbonyl (C=O) groups is 6. The highest BCUT2D eigenvalue weighted by Crippen LogP contribution is 2.35. The maximum absolute atomic E-state index is 13.2. The van der Waals surface area contributed by atoms with Gasteiger partial charge >= 0.3 is 23.9 Å². The minimum absolute atomic E-state index is 0.0446. The summed E-state index contributed by atoms with van der Waals surface area (Å²) in [4.78, 5) is 73.0. The van der Waals surface area contributed by atoms with Gasteiger partial charge in [0.25, 0.3) is 0 Å². The molecule has 0 spiro atoms. The number of hydrogen-bond donors (Lipinski definition) is 1. The van der Waals surface area contributed by atoms with Crippen molar-refractivity contribution in [3.05, 3.63) is 47.0 Å². The Hall–Kier alpha value is -3.86. The first-order valence-corrected chi connectivity index (χ1v) is 9.80. The Morgan fingerprint density at radius 3 is 1.88 bits per heavy atom. The van der Waals surface area contributed by atoms with Gasteiger partial charge in [0.1, 0.15) is 6.10 Å². The van der Waals surface area contributed by atoms with Gasteiger partial charge < -0.3 is 24.1 Å². The Morgan fingerprint density at radius 1 is 0.818 bits per heavy atom. The first kappa shape index (κ1) is 23.8. The van der Waals surface area contributed by atoms with Crippen LogP contribution in [-0.4, -0.2) is 71.1 Å². The Balaban J connectivity index is 2.14. The van der Waals surface area contributed by atoms with E-state index in [2.05, 4.69) is 0 Å². The fraction of sp³-hybridized carbons (Fsp3) is 0.364. The molecule has 1 N–H and O–H groups in total. The van der Waals surface area contributed by atoms with E-state index in [1.165, 1.54) is 18.2 Å². The standard InChI is InChI=1S/C22H20O11/c1-9(23)30-18-17(14-8-15(26)12-6-4-5-7-13(12)16(14)27)33-21(22(28)29)20(32-11(3)25)19(18)31-10(2)24/h4-8,17-21H,1-3H3,(H,28,29)/t17-,18-,19+,20-,21-/m0/s1. The summed E-state index contributed by atoms with van der Waals surface area (Å²) in [5.74, 6) is -5.50. The Morgan fingerprint density at radius 2 is 1.33 bits per heavy atom. The normalized spacial score (nSPS) is 26.5. The van der Waals surface area contributed by atoms with Crippen molar-refractivity contribution >= 4 is 35.4 Å². The van der Waals surface area contributed by atoms with Crippen LogP contribution in [0, 0.1) is 0 Å².